The lowest BCUT2D eigenvalue weighted by molar-refractivity contribution is 0.0787. The van der Waals surface area contributed by atoms with E-state index in [0.29, 0.717) is 17.2 Å². The molecule has 132 valence electrons. The van der Waals surface area contributed by atoms with Crippen molar-refractivity contribution in [1.82, 2.24) is 15.1 Å². The van der Waals surface area contributed by atoms with Gasteiger partial charge in [-0.3, -0.25) is 9.89 Å². The molecule has 0 fully saturated rings. The van der Waals surface area contributed by atoms with Gasteiger partial charge < -0.3 is 14.4 Å². The first-order valence-electron chi connectivity index (χ1n) is 8.28. The lowest BCUT2D eigenvalue weighted by Gasteiger charge is -2.24. The van der Waals surface area contributed by atoms with Crippen LogP contribution >= 0.6 is 0 Å². The number of nitrogens with one attached hydrogen (secondary N) is 1. The number of hydrogen-bond donors (Lipinski definition) is 1. The van der Waals surface area contributed by atoms with E-state index in [1.165, 1.54) is 0 Å². The van der Waals surface area contributed by atoms with E-state index < -0.39 is 0 Å². The molecule has 1 atom stereocenters. The number of aromatic nitrogens is 2. The van der Waals surface area contributed by atoms with Crippen LogP contribution in [0.5, 0.6) is 11.5 Å². The minimum Gasteiger partial charge on any atom is -0.497 e. The Labute approximate surface area is 151 Å². The summed E-state index contributed by atoms with van der Waals surface area (Å²) in [7, 11) is 5.02. The van der Waals surface area contributed by atoms with Gasteiger partial charge in [-0.2, -0.15) is 5.10 Å². The first-order chi connectivity index (χ1) is 12.7. The number of methoxy groups -OCH3 is 2. The van der Waals surface area contributed by atoms with Gasteiger partial charge in [-0.25, -0.2) is 0 Å². The monoisotopic (exact) mass is 349 g/mol. The van der Waals surface area contributed by atoms with Gasteiger partial charge >= 0.3 is 0 Å². The summed E-state index contributed by atoms with van der Waals surface area (Å²) in [4.78, 5) is 14.4. The number of hydrogen-bond acceptors (Lipinski definition) is 4. The van der Waals surface area contributed by atoms with E-state index >= 15 is 0 Å². The van der Waals surface area contributed by atoms with Gasteiger partial charge in [0.1, 0.15) is 17.2 Å². The molecule has 0 aliphatic carbocycles. The lowest BCUT2D eigenvalue weighted by atomic mass is 9.95. The van der Waals surface area contributed by atoms with Crippen LogP contribution in [0, 0.1) is 0 Å². The van der Waals surface area contributed by atoms with E-state index in [4.69, 9.17) is 9.47 Å². The number of H-pyrrole nitrogens is 1. The molecular formula is C20H19N3O3. The van der Waals surface area contributed by atoms with Crippen LogP contribution in [0.25, 0.3) is 11.3 Å². The minimum atomic E-state index is -0.285. The zero-order valence-corrected chi connectivity index (χ0v) is 14.8. The molecule has 3 aromatic rings. The summed E-state index contributed by atoms with van der Waals surface area (Å²) in [5.41, 5.74) is 4.02. The molecule has 1 aliphatic rings. The third kappa shape index (κ3) is 2.34. The van der Waals surface area contributed by atoms with Crippen molar-refractivity contribution in [1.29, 1.82) is 0 Å². The lowest BCUT2D eigenvalue weighted by Crippen LogP contribution is -2.25. The predicted molar refractivity (Wildman–Crippen MR) is 97.5 cm³/mol. The first kappa shape index (κ1) is 16.2. The second kappa shape index (κ2) is 6.22. The van der Waals surface area contributed by atoms with Gasteiger partial charge in [0.25, 0.3) is 5.91 Å². The number of nitrogens with zero attached hydrogens (tertiary/aromatic N) is 2. The molecule has 0 bridgehead atoms. The number of fused-ring (bicyclic) bond motifs is 1. The Hall–Kier alpha value is -3.28. The standard InChI is InChI=1S/C20H19N3O3/c1-23-19(14-10-9-13(25-2)11-15(14)26-3)16-17(12-7-5-4-6-8-12)21-22-18(16)20(23)24/h4-11,19H,1-3H3,(H,21,22)/t19-/m1/s1. The summed E-state index contributed by atoms with van der Waals surface area (Å²) >= 11 is 0. The molecule has 0 unspecified atom stereocenters. The van der Waals surface area contributed by atoms with Gasteiger partial charge in [-0.1, -0.05) is 30.3 Å². The van der Waals surface area contributed by atoms with Crippen LogP contribution in [0.2, 0.25) is 0 Å². The summed E-state index contributed by atoms with van der Waals surface area (Å²) in [6, 6.07) is 15.2. The van der Waals surface area contributed by atoms with Gasteiger partial charge in [0.05, 0.1) is 26.0 Å². The number of aromatic amines is 1. The number of carbonyl (C=O) groups is 1. The van der Waals surface area contributed by atoms with E-state index in [2.05, 4.69) is 10.2 Å². The number of rotatable bonds is 4. The van der Waals surface area contributed by atoms with E-state index in [-0.39, 0.29) is 11.9 Å². The van der Waals surface area contributed by atoms with Crippen molar-refractivity contribution in [3.63, 3.8) is 0 Å². The van der Waals surface area contributed by atoms with Gasteiger partial charge in [0.15, 0.2) is 0 Å². The quantitative estimate of drug-likeness (QED) is 0.785. The molecule has 1 aromatic heterocycles. The Bertz CT molecular complexity index is 966. The highest BCUT2D eigenvalue weighted by atomic mass is 16.5. The Morgan fingerprint density at radius 3 is 2.54 bits per heavy atom. The SMILES string of the molecule is COc1ccc([C@@H]2c3c(-c4ccccc4)n[nH]c3C(=O)N2C)c(OC)c1. The Morgan fingerprint density at radius 2 is 1.85 bits per heavy atom. The number of benzene rings is 2. The second-order valence-corrected chi connectivity index (χ2v) is 6.15. The molecule has 0 saturated carbocycles. The smallest absolute Gasteiger partial charge is 0.272 e. The summed E-state index contributed by atoms with van der Waals surface area (Å²) < 4.78 is 10.9. The van der Waals surface area contributed by atoms with E-state index in [0.717, 1.165) is 22.4 Å². The minimum absolute atomic E-state index is 0.0856. The molecule has 1 N–H and O–H groups in total. The van der Waals surface area contributed by atoms with Crippen molar-refractivity contribution in [3.05, 3.63) is 65.4 Å². The van der Waals surface area contributed by atoms with Crippen LogP contribution in [0.15, 0.2) is 48.5 Å². The second-order valence-electron chi connectivity index (χ2n) is 6.15. The first-order valence-corrected chi connectivity index (χ1v) is 8.28. The third-order valence-electron chi connectivity index (χ3n) is 4.78. The van der Waals surface area contributed by atoms with Crippen LogP contribution in [0.4, 0.5) is 0 Å². The Kier molecular flexibility index (Phi) is 3.88. The van der Waals surface area contributed by atoms with Crippen LogP contribution in [0.1, 0.15) is 27.7 Å². The van der Waals surface area contributed by atoms with Crippen LogP contribution in [-0.2, 0) is 0 Å². The van der Waals surface area contributed by atoms with Crippen molar-refractivity contribution < 1.29 is 14.3 Å². The zero-order chi connectivity index (χ0) is 18.3. The highest BCUT2D eigenvalue weighted by molar-refractivity contribution is 6.00. The van der Waals surface area contributed by atoms with E-state index in [9.17, 15) is 4.79 Å². The van der Waals surface area contributed by atoms with Gasteiger partial charge in [-0.05, 0) is 12.1 Å². The highest BCUT2D eigenvalue weighted by Gasteiger charge is 2.41. The molecule has 4 rings (SSSR count). The predicted octanol–water partition coefficient (Wildman–Crippen LogP) is 3.27. The molecule has 1 amide bonds. The van der Waals surface area contributed by atoms with Crippen LogP contribution in [0.3, 0.4) is 0 Å². The van der Waals surface area contributed by atoms with Crippen molar-refractivity contribution >= 4 is 5.91 Å². The average molecular weight is 349 g/mol. The van der Waals surface area contributed by atoms with Crippen LogP contribution in [-0.4, -0.2) is 42.3 Å². The fourth-order valence-electron chi connectivity index (χ4n) is 3.49. The summed E-state index contributed by atoms with van der Waals surface area (Å²) in [5, 5.41) is 7.34. The summed E-state index contributed by atoms with van der Waals surface area (Å²) in [6.45, 7) is 0. The van der Waals surface area contributed by atoms with Gasteiger partial charge in [-0.15, -0.1) is 0 Å². The molecular weight excluding hydrogens is 330 g/mol. The largest absolute Gasteiger partial charge is 0.497 e. The molecule has 1 aliphatic heterocycles. The maximum Gasteiger partial charge on any atom is 0.272 e. The van der Waals surface area contributed by atoms with Gasteiger partial charge in [0, 0.05) is 29.8 Å². The molecule has 2 aromatic carbocycles. The topological polar surface area (TPSA) is 67.5 Å². The molecule has 6 nitrogen and oxygen atoms in total. The zero-order valence-electron chi connectivity index (χ0n) is 14.8. The molecule has 0 radical (unpaired) electrons. The number of ether oxygens (including phenoxy) is 2. The van der Waals surface area contributed by atoms with Crippen molar-refractivity contribution in [2.24, 2.45) is 0 Å². The maximum atomic E-state index is 12.7. The van der Waals surface area contributed by atoms with Gasteiger partial charge in [0.2, 0.25) is 0 Å². The number of carbonyl (C=O) groups excluding carboxylic acids is 1. The van der Waals surface area contributed by atoms with Crippen LogP contribution < -0.4 is 9.47 Å². The highest BCUT2D eigenvalue weighted by Crippen LogP contribution is 2.45. The van der Waals surface area contributed by atoms with Crippen molar-refractivity contribution in [2.45, 2.75) is 6.04 Å². The molecule has 2 heterocycles. The normalized spacial score (nSPS) is 15.9. The maximum absolute atomic E-state index is 12.7. The number of amides is 1. The molecule has 6 heteroatoms. The fraction of sp³-hybridized carbons (Fsp3) is 0.200. The van der Waals surface area contributed by atoms with E-state index in [1.807, 2.05) is 48.5 Å². The van der Waals surface area contributed by atoms with E-state index in [1.54, 1.807) is 26.2 Å². The van der Waals surface area contributed by atoms with Crippen molar-refractivity contribution in [3.8, 4) is 22.8 Å². The summed E-state index contributed by atoms with van der Waals surface area (Å²) in [5.74, 6) is 1.29. The molecule has 26 heavy (non-hydrogen) atoms. The Balaban J connectivity index is 1.91. The Morgan fingerprint density at radius 1 is 1.08 bits per heavy atom. The summed E-state index contributed by atoms with van der Waals surface area (Å²) in [6.07, 6.45) is 0. The fourth-order valence-corrected chi connectivity index (χ4v) is 3.49. The molecule has 0 saturated heterocycles. The average Bonchev–Trinajstić information content (AvgIpc) is 3.22. The van der Waals surface area contributed by atoms with Crippen molar-refractivity contribution in [2.75, 3.05) is 21.3 Å². The molecule has 0 spiro atoms. The third-order valence-corrected chi connectivity index (χ3v) is 4.78.